The lowest BCUT2D eigenvalue weighted by atomic mass is 9.73. The molecule has 16 nitrogen and oxygen atoms in total. The number of hydrogen-bond donors (Lipinski definition) is 3. The molecular formula is C48H94N2O14Si2. The minimum atomic E-state index is -2.22. The van der Waals surface area contributed by atoms with Gasteiger partial charge in [0.15, 0.2) is 29.2 Å². The minimum absolute atomic E-state index is 0.0363. The predicted octanol–water partition coefficient (Wildman–Crippen LogP) is 7.08. The molecule has 3 fully saturated rings. The summed E-state index contributed by atoms with van der Waals surface area (Å²) in [6.07, 6.45) is -6.97. The van der Waals surface area contributed by atoms with Gasteiger partial charge in [-0.2, -0.15) is 0 Å². The van der Waals surface area contributed by atoms with Crippen molar-refractivity contribution in [1.29, 1.82) is 0 Å². The highest BCUT2D eigenvalue weighted by molar-refractivity contribution is 6.70. The van der Waals surface area contributed by atoms with E-state index in [2.05, 4.69) is 49.3 Å². The fraction of sp³-hybridized carbons (Fsp3) is 0.958. The summed E-state index contributed by atoms with van der Waals surface area (Å²) in [4.78, 5) is 22.9. The van der Waals surface area contributed by atoms with Crippen LogP contribution in [0, 0.1) is 23.7 Å². The van der Waals surface area contributed by atoms with E-state index >= 15 is 0 Å². The van der Waals surface area contributed by atoms with Crippen molar-refractivity contribution in [3.8, 4) is 0 Å². The number of nitrogens with zero attached hydrogens (tertiary/aromatic N) is 2. The Hall–Kier alpha value is -1.11. The summed E-state index contributed by atoms with van der Waals surface area (Å²) < 4.78 is 59.4. The van der Waals surface area contributed by atoms with E-state index in [1.165, 1.54) is 6.92 Å². The number of rotatable bonds is 15. The van der Waals surface area contributed by atoms with E-state index in [9.17, 15) is 20.1 Å². The number of ether oxygens (including phenoxy) is 7. The summed E-state index contributed by atoms with van der Waals surface area (Å²) >= 11 is 0. The van der Waals surface area contributed by atoms with Gasteiger partial charge in [-0.1, -0.05) is 32.9 Å². The molecule has 3 aliphatic heterocycles. The van der Waals surface area contributed by atoms with Gasteiger partial charge in [0.05, 0.1) is 59.5 Å². The molecule has 0 aliphatic carbocycles. The number of esters is 1. The zero-order chi connectivity index (χ0) is 50.7. The van der Waals surface area contributed by atoms with Crippen LogP contribution in [0.3, 0.4) is 0 Å². The van der Waals surface area contributed by atoms with Gasteiger partial charge in [0.2, 0.25) is 5.79 Å². The zero-order valence-corrected chi connectivity index (χ0v) is 46.9. The van der Waals surface area contributed by atoms with Crippen molar-refractivity contribution in [3.05, 3.63) is 0 Å². The zero-order valence-electron chi connectivity index (χ0n) is 44.9. The lowest BCUT2D eigenvalue weighted by molar-refractivity contribution is -0.315. The van der Waals surface area contributed by atoms with Crippen LogP contribution in [0.2, 0.25) is 39.3 Å². The standard InChI is InChI=1S/C48H94N2O14Si2/c1-23-35-48(13,54)40(51)30(5)37(49-64-45(9,10)56-24-2)28(3)26-46(11,53)41(61-44-39(62-65(17,18)19)34(50(14)15)25-29(4)57-44)31(6)38(32(7)43(52)59-35)60-36-27-47(12,55-16)42(33(8)58-36)63-66(20,21)22/h28-36,38-42,44,51,53-54H,23-27H2,1-22H3/b49-37+/t28-,29-,30+,31+,32-,33+,34+,35-,36+,38+,39-,40-,41-,42+,44+,46-,47-,48-/m1/s1. The summed E-state index contributed by atoms with van der Waals surface area (Å²) in [6, 6.07) is -0.0787. The van der Waals surface area contributed by atoms with Gasteiger partial charge in [-0.05, 0) is 121 Å². The third-order valence-corrected chi connectivity index (χ3v) is 15.6. The van der Waals surface area contributed by atoms with E-state index in [4.69, 9.17) is 46.8 Å². The van der Waals surface area contributed by atoms with Gasteiger partial charge in [-0.3, -0.25) is 4.79 Å². The van der Waals surface area contributed by atoms with Gasteiger partial charge in [-0.15, -0.1) is 0 Å². The van der Waals surface area contributed by atoms with Gasteiger partial charge < -0.3 is 67.1 Å². The van der Waals surface area contributed by atoms with Crippen molar-refractivity contribution in [1.82, 2.24) is 4.90 Å². The molecule has 3 heterocycles. The number of cyclic esters (lactones) is 1. The quantitative estimate of drug-likeness (QED) is 0.0654. The number of oxime groups is 1. The first-order chi connectivity index (χ1) is 30.0. The number of aliphatic hydroxyl groups is 3. The van der Waals surface area contributed by atoms with Gasteiger partial charge in [-0.25, -0.2) is 0 Å². The average Bonchev–Trinajstić information content (AvgIpc) is 3.17. The van der Waals surface area contributed by atoms with Crippen LogP contribution < -0.4 is 0 Å². The molecule has 0 aromatic carbocycles. The smallest absolute Gasteiger partial charge is 0.311 e. The Kier molecular flexibility index (Phi) is 20.6. The van der Waals surface area contributed by atoms with E-state index in [1.807, 2.05) is 55.6 Å². The summed E-state index contributed by atoms with van der Waals surface area (Å²) in [5.41, 5.74) is -4.12. The van der Waals surface area contributed by atoms with E-state index in [0.29, 0.717) is 18.7 Å². The number of carbonyl (C=O) groups excluding carboxylic acids is 1. The first kappa shape index (κ1) is 59.2. The van der Waals surface area contributed by atoms with Crippen LogP contribution in [0.25, 0.3) is 0 Å². The van der Waals surface area contributed by atoms with E-state index in [0.717, 1.165) is 0 Å². The van der Waals surface area contributed by atoms with Crippen LogP contribution in [-0.2, 0) is 51.6 Å². The van der Waals surface area contributed by atoms with Crippen molar-refractivity contribution in [3.63, 3.8) is 0 Å². The van der Waals surface area contributed by atoms with Crippen LogP contribution in [0.1, 0.15) is 116 Å². The highest BCUT2D eigenvalue weighted by Crippen LogP contribution is 2.42. The van der Waals surface area contributed by atoms with Crippen molar-refractivity contribution in [2.45, 2.75) is 245 Å². The van der Waals surface area contributed by atoms with E-state index in [1.54, 1.807) is 48.7 Å². The monoisotopic (exact) mass is 979 g/mol. The first-order valence-corrected chi connectivity index (χ1v) is 31.3. The third-order valence-electron chi connectivity index (χ3n) is 13.6. The Morgan fingerprint density at radius 2 is 1.44 bits per heavy atom. The number of hydrogen-bond acceptors (Lipinski definition) is 16. The molecule has 18 atom stereocenters. The normalized spacial score (nSPS) is 42.5. The molecular weight excluding hydrogens is 885 g/mol. The second-order valence-electron chi connectivity index (χ2n) is 22.9. The van der Waals surface area contributed by atoms with Crippen molar-refractivity contribution in [2.75, 3.05) is 27.8 Å². The summed E-state index contributed by atoms with van der Waals surface area (Å²) in [5, 5.41) is 42.2. The number of carbonyl (C=O) groups is 1. The van der Waals surface area contributed by atoms with E-state index < -0.39 is 124 Å². The highest BCUT2D eigenvalue weighted by atomic mass is 28.4. The minimum Gasteiger partial charge on any atom is -0.459 e. The Labute approximate surface area is 400 Å². The lowest BCUT2D eigenvalue weighted by Gasteiger charge is -2.51. The molecule has 66 heavy (non-hydrogen) atoms. The van der Waals surface area contributed by atoms with Crippen LogP contribution in [0.15, 0.2) is 5.16 Å². The van der Waals surface area contributed by atoms with Crippen LogP contribution in [0.5, 0.6) is 0 Å². The fourth-order valence-corrected chi connectivity index (χ4v) is 12.5. The SMILES string of the molecule is CCOC(C)(C)O/N=C1\[C@H](C)C[C@@](C)(O)[C@H](O[C@@H]2O[C@H](C)C[C@H](N(C)C)[C@H]2O[Si](C)(C)C)[C@@H](C)[C@H](O[C@H]2C[C@@](C)(OC)[C@@H](O[Si](C)(C)C)[C@H](C)O2)[C@@H](C)C(=O)O[C@H](CC)[C@@](C)(O)[C@H](O)[C@H]1C. The molecule has 0 amide bonds. The number of likely N-dealkylation sites (N-methyl/N-ethyl adjacent to an activating group) is 1. The van der Waals surface area contributed by atoms with Crippen LogP contribution >= 0.6 is 0 Å². The van der Waals surface area contributed by atoms with Crippen LogP contribution in [-0.4, -0.2) is 166 Å². The lowest BCUT2D eigenvalue weighted by Crippen LogP contribution is -2.62. The second-order valence-corrected chi connectivity index (χ2v) is 31.8. The van der Waals surface area contributed by atoms with E-state index in [-0.39, 0.29) is 31.4 Å². The third kappa shape index (κ3) is 15.2. The van der Waals surface area contributed by atoms with Gasteiger partial charge in [0.1, 0.15) is 17.8 Å². The summed E-state index contributed by atoms with van der Waals surface area (Å²) in [7, 11) is 1.41. The Bertz CT molecular complexity index is 1570. The first-order valence-electron chi connectivity index (χ1n) is 24.5. The summed E-state index contributed by atoms with van der Waals surface area (Å²) in [6.45, 7) is 36.5. The highest BCUT2D eigenvalue weighted by Gasteiger charge is 2.55. The molecule has 3 N–H and O–H groups in total. The second kappa shape index (κ2) is 23.0. The van der Waals surface area contributed by atoms with Crippen molar-refractivity contribution >= 4 is 28.3 Å². The molecule has 3 saturated heterocycles. The molecule has 0 radical (unpaired) electrons. The molecule has 18 heteroatoms. The molecule has 0 bridgehead atoms. The number of aliphatic hydroxyl groups excluding tert-OH is 1. The van der Waals surface area contributed by atoms with Gasteiger partial charge in [0, 0.05) is 57.8 Å². The topological polar surface area (TPSA) is 186 Å². The Morgan fingerprint density at radius 1 is 0.848 bits per heavy atom. The van der Waals surface area contributed by atoms with Crippen LogP contribution in [0.4, 0.5) is 0 Å². The molecule has 0 aromatic rings. The average molecular weight is 979 g/mol. The fourth-order valence-electron chi connectivity index (χ4n) is 10.2. The largest absolute Gasteiger partial charge is 0.459 e. The Balaban J connectivity index is 2.35. The Morgan fingerprint density at radius 3 is 1.95 bits per heavy atom. The van der Waals surface area contributed by atoms with Gasteiger partial charge >= 0.3 is 5.97 Å². The molecule has 0 spiro atoms. The van der Waals surface area contributed by atoms with Gasteiger partial charge in [0.25, 0.3) is 0 Å². The maximum Gasteiger partial charge on any atom is 0.311 e. The maximum atomic E-state index is 14.7. The van der Waals surface area contributed by atoms with Crippen molar-refractivity contribution in [2.24, 2.45) is 28.8 Å². The molecule has 3 rings (SSSR count). The molecule has 388 valence electrons. The van der Waals surface area contributed by atoms with Crippen molar-refractivity contribution < 1.29 is 67.0 Å². The molecule has 0 saturated carbocycles. The maximum absolute atomic E-state index is 14.7. The molecule has 0 unspecified atom stereocenters. The number of methoxy groups -OCH3 is 1. The molecule has 0 aromatic heterocycles. The predicted molar refractivity (Wildman–Crippen MR) is 260 cm³/mol. The molecule has 3 aliphatic rings. The summed E-state index contributed by atoms with van der Waals surface area (Å²) in [5.74, 6) is -5.01.